The minimum absolute atomic E-state index is 0.292. The van der Waals surface area contributed by atoms with Crippen molar-refractivity contribution >= 4 is 23.1 Å². The van der Waals surface area contributed by atoms with E-state index in [1.807, 2.05) is 17.5 Å². The van der Waals surface area contributed by atoms with Crippen molar-refractivity contribution in [3.8, 4) is 17.3 Å². The van der Waals surface area contributed by atoms with Crippen LogP contribution < -0.4 is 11.1 Å². The molecule has 0 fully saturated rings. The molecule has 164 valence electrons. The molecule has 0 spiro atoms. The van der Waals surface area contributed by atoms with Crippen molar-refractivity contribution in [2.24, 2.45) is 5.73 Å². The number of rotatable bonds is 8. The topological polar surface area (TPSA) is 105 Å². The van der Waals surface area contributed by atoms with Gasteiger partial charge in [-0.3, -0.25) is 9.78 Å². The Morgan fingerprint density at radius 3 is 2.82 bits per heavy atom. The standard InChI is InChI=1S/C25H20FN5OS/c26-18-5-1-3-16(13-18)8-11-30-25-20(23(24(28)32)17-4-2-10-29-15-17)6-7-21(31-25)19-9-12-33-22(19)14-27/h1-7,9-10,12-13,15,23H,8,11H2,(H2,28,32)(H,30,31). The van der Waals surface area contributed by atoms with E-state index >= 15 is 0 Å². The van der Waals surface area contributed by atoms with Gasteiger partial charge < -0.3 is 11.1 Å². The number of nitrogens with zero attached hydrogens (tertiary/aromatic N) is 3. The van der Waals surface area contributed by atoms with Crippen molar-refractivity contribution < 1.29 is 9.18 Å². The van der Waals surface area contributed by atoms with E-state index in [0.29, 0.717) is 40.5 Å². The second-order valence-corrected chi connectivity index (χ2v) is 8.25. The molecule has 0 aliphatic carbocycles. The van der Waals surface area contributed by atoms with Gasteiger partial charge in [0.15, 0.2) is 0 Å². The molecular formula is C25H20FN5OS. The molecule has 0 saturated carbocycles. The van der Waals surface area contributed by atoms with Crippen molar-refractivity contribution in [2.45, 2.75) is 12.3 Å². The Labute approximate surface area is 194 Å². The van der Waals surface area contributed by atoms with Crippen LogP contribution in [0.2, 0.25) is 0 Å². The number of pyridine rings is 2. The Hall–Kier alpha value is -4.09. The summed E-state index contributed by atoms with van der Waals surface area (Å²) in [5.74, 6) is -1.10. The van der Waals surface area contributed by atoms with E-state index in [1.165, 1.54) is 23.5 Å². The Morgan fingerprint density at radius 2 is 2.09 bits per heavy atom. The molecule has 6 nitrogen and oxygen atoms in total. The average molecular weight is 458 g/mol. The molecule has 8 heteroatoms. The van der Waals surface area contributed by atoms with E-state index < -0.39 is 11.8 Å². The molecule has 3 aromatic heterocycles. The summed E-state index contributed by atoms with van der Waals surface area (Å²) in [6.45, 7) is 0.459. The Balaban J connectivity index is 1.71. The molecule has 0 radical (unpaired) electrons. The van der Waals surface area contributed by atoms with Gasteiger partial charge in [-0.15, -0.1) is 11.3 Å². The molecule has 1 amide bonds. The number of hydrogen-bond acceptors (Lipinski definition) is 6. The van der Waals surface area contributed by atoms with Gasteiger partial charge in [-0.05, 0) is 53.3 Å². The summed E-state index contributed by atoms with van der Waals surface area (Å²) in [5, 5.41) is 14.5. The average Bonchev–Trinajstić information content (AvgIpc) is 3.30. The van der Waals surface area contributed by atoms with Crippen LogP contribution in [0.5, 0.6) is 0 Å². The van der Waals surface area contributed by atoms with Gasteiger partial charge in [-0.2, -0.15) is 5.26 Å². The second kappa shape index (κ2) is 10.0. The fraction of sp³-hybridized carbons (Fsp3) is 0.120. The van der Waals surface area contributed by atoms with Gasteiger partial charge in [-0.1, -0.05) is 24.3 Å². The number of primary amides is 1. The number of anilines is 1. The van der Waals surface area contributed by atoms with Crippen molar-refractivity contribution in [2.75, 3.05) is 11.9 Å². The van der Waals surface area contributed by atoms with Crippen LogP contribution in [-0.4, -0.2) is 22.4 Å². The zero-order valence-corrected chi connectivity index (χ0v) is 18.3. The highest BCUT2D eigenvalue weighted by Crippen LogP contribution is 2.33. The number of amides is 1. The van der Waals surface area contributed by atoms with Gasteiger partial charge in [0.05, 0.1) is 11.6 Å². The van der Waals surface area contributed by atoms with Crippen LogP contribution in [0.3, 0.4) is 0 Å². The molecule has 0 aliphatic heterocycles. The summed E-state index contributed by atoms with van der Waals surface area (Å²) in [6, 6.07) is 17.5. The number of nitrogens with two attached hydrogens (primary N) is 1. The van der Waals surface area contributed by atoms with Crippen LogP contribution in [0, 0.1) is 17.1 Å². The van der Waals surface area contributed by atoms with Gasteiger partial charge >= 0.3 is 0 Å². The molecule has 1 unspecified atom stereocenters. The van der Waals surface area contributed by atoms with E-state index in [-0.39, 0.29) is 5.82 Å². The van der Waals surface area contributed by atoms with Crippen LogP contribution in [0.4, 0.5) is 10.2 Å². The number of benzene rings is 1. The Kier molecular flexibility index (Phi) is 6.72. The van der Waals surface area contributed by atoms with E-state index in [2.05, 4.69) is 16.4 Å². The maximum atomic E-state index is 13.5. The first-order valence-electron chi connectivity index (χ1n) is 10.2. The lowest BCUT2D eigenvalue weighted by atomic mass is 9.91. The quantitative estimate of drug-likeness (QED) is 0.406. The Bertz CT molecular complexity index is 1320. The molecule has 0 aliphatic rings. The number of nitriles is 1. The summed E-state index contributed by atoms with van der Waals surface area (Å²) in [5.41, 5.74) is 9.21. The summed E-state index contributed by atoms with van der Waals surface area (Å²) >= 11 is 1.34. The lowest BCUT2D eigenvalue weighted by molar-refractivity contribution is -0.118. The third kappa shape index (κ3) is 5.05. The van der Waals surface area contributed by atoms with Crippen molar-refractivity contribution in [1.82, 2.24) is 9.97 Å². The number of nitrogens with one attached hydrogen (secondary N) is 1. The molecular weight excluding hydrogens is 437 g/mol. The van der Waals surface area contributed by atoms with E-state index in [4.69, 9.17) is 10.7 Å². The Morgan fingerprint density at radius 1 is 1.21 bits per heavy atom. The predicted molar refractivity (Wildman–Crippen MR) is 126 cm³/mol. The van der Waals surface area contributed by atoms with Gasteiger partial charge in [0, 0.05) is 30.1 Å². The molecule has 1 atom stereocenters. The highest BCUT2D eigenvalue weighted by molar-refractivity contribution is 7.11. The van der Waals surface area contributed by atoms with Crippen LogP contribution in [0.1, 0.15) is 27.5 Å². The van der Waals surface area contributed by atoms with Gasteiger partial charge in [0.25, 0.3) is 0 Å². The number of halogens is 1. The molecule has 3 heterocycles. The highest BCUT2D eigenvalue weighted by Gasteiger charge is 2.25. The highest BCUT2D eigenvalue weighted by atomic mass is 32.1. The molecule has 4 rings (SSSR count). The predicted octanol–water partition coefficient (Wildman–Crippen LogP) is 4.49. The molecule has 4 aromatic rings. The maximum absolute atomic E-state index is 13.5. The zero-order valence-electron chi connectivity index (χ0n) is 17.5. The summed E-state index contributed by atoms with van der Waals surface area (Å²) in [6.07, 6.45) is 3.78. The minimum atomic E-state index is -0.755. The van der Waals surface area contributed by atoms with Crippen LogP contribution >= 0.6 is 11.3 Å². The largest absolute Gasteiger partial charge is 0.369 e. The van der Waals surface area contributed by atoms with Crippen LogP contribution in [0.25, 0.3) is 11.3 Å². The van der Waals surface area contributed by atoms with Gasteiger partial charge in [0.2, 0.25) is 5.91 Å². The number of hydrogen-bond donors (Lipinski definition) is 2. The minimum Gasteiger partial charge on any atom is -0.369 e. The smallest absolute Gasteiger partial charge is 0.229 e. The van der Waals surface area contributed by atoms with E-state index in [9.17, 15) is 14.4 Å². The molecule has 3 N–H and O–H groups in total. The van der Waals surface area contributed by atoms with Crippen molar-refractivity contribution in [1.29, 1.82) is 5.26 Å². The number of carbonyl (C=O) groups excluding carboxylic acids is 1. The second-order valence-electron chi connectivity index (χ2n) is 7.34. The first-order chi connectivity index (χ1) is 16.1. The van der Waals surface area contributed by atoms with Crippen LogP contribution in [0.15, 0.2) is 72.4 Å². The normalized spacial score (nSPS) is 11.5. The number of carbonyl (C=O) groups is 1. The number of aromatic nitrogens is 2. The van der Waals surface area contributed by atoms with Crippen LogP contribution in [-0.2, 0) is 11.2 Å². The summed E-state index contributed by atoms with van der Waals surface area (Å²) < 4.78 is 13.5. The van der Waals surface area contributed by atoms with Crippen molar-refractivity contribution in [3.63, 3.8) is 0 Å². The van der Waals surface area contributed by atoms with Gasteiger partial charge in [0.1, 0.15) is 22.6 Å². The molecule has 0 bridgehead atoms. The third-order valence-electron chi connectivity index (χ3n) is 5.18. The molecule has 0 saturated heterocycles. The molecule has 1 aromatic carbocycles. The monoisotopic (exact) mass is 457 g/mol. The fourth-order valence-corrected chi connectivity index (χ4v) is 4.35. The maximum Gasteiger partial charge on any atom is 0.229 e. The summed E-state index contributed by atoms with van der Waals surface area (Å²) in [4.78, 5) is 21.9. The number of thiophene rings is 1. The van der Waals surface area contributed by atoms with Gasteiger partial charge in [-0.25, -0.2) is 9.37 Å². The van der Waals surface area contributed by atoms with E-state index in [1.54, 1.807) is 42.7 Å². The van der Waals surface area contributed by atoms with Crippen molar-refractivity contribution in [3.05, 3.63) is 99.8 Å². The van der Waals surface area contributed by atoms with E-state index in [0.717, 1.165) is 11.1 Å². The SMILES string of the molecule is N#Cc1sccc1-c1ccc(C(C(N)=O)c2cccnc2)c(NCCc2cccc(F)c2)n1. The fourth-order valence-electron chi connectivity index (χ4n) is 3.65. The third-order valence-corrected chi connectivity index (χ3v) is 6.00. The first kappa shape index (κ1) is 22.1. The molecule has 33 heavy (non-hydrogen) atoms. The summed E-state index contributed by atoms with van der Waals surface area (Å²) in [7, 11) is 0. The first-order valence-corrected chi connectivity index (χ1v) is 11.1. The zero-order chi connectivity index (χ0) is 23.2. The lowest BCUT2D eigenvalue weighted by Gasteiger charge is -2.19. The lowest BCUT2D eigenvalue weighted by Crippen LogP contribution is -2.24.